The third-order valence-electron chi connectivity index (χ3n) is 3.07. The van der Waals surface area contributed by atoms with E-state index in [0.29, 0.717) is 22.0 Å². The molecule has 112 valence electrons. The van der Waals surface area contributed by atoms with Crippen molar-refractivity contribution in [3.05, 3.63) is 41.4 Å². The Labute approximate surface area is 131 Å². The number of benzene rings is 2. The lowest BCUT2D eigenvalue weighted by atomic mass is 10.3. The van der Waals surface area contributed by atoms with Crippen LogP contribution < -0.4 is 10.1 Å². The predicted molar refractivity (Wildman–Crippen MR) is 84.7 cm³/mol. The van der Waals surface area contributed by atoms with Gasteiger partial charge >= 0.3 is 0 Å². The van der Waals surface area contributed by atoms with E-state index in [0.717, 1.165) is 11.2 Å². The van der Waals surface area contributed by atoms with Crippen molar-refractivity contribution in [2.24, 2.45) is 0 Å². The fourth-order valence-corrected chi connectivity index (χ4v) is 2.34. The van der Waals surface area contributed by atoms with Crippen molar-refractivity contribution in [3.63, 3.8) is 0 Å². The highest BCUT2D eigenvalue weighted by Crippen LogP contribution is 2.26. The largest absolute Gasteiger partial charge is 0.495 e. The standard InChI is InChI=1S/C15H13ClN4O2/c1-9(21)17-10-3-5-13-14(7-10)19-20(18-13)11-4-6-15(22-2)12(16)8-11/h3-8H,1-2H3,(H,17,21). The molecule has 1 heterocycles. The van der Waals surface area contributed by atoms with Crippen LogP contribution in [0.2, 0.25) is 5.02 Å². The van der Waals surface area contributed by atoms with Crippen LogP contribution in [-0.4, -0.2) is 28.0 Å². The Kier molecular flexibility index (Phi) is 3.68. The van der Waals surface area contributed by atoms with Crippen molar-refractivity contribution >= 4 is 34.2 Å². The van der Waals surface area contributed by atoms with Gasteiger partial charge < -0.3 is 10.1 Å². The van der Waals surface area contributed by atoms with E-state index in [4.69, 9.17) is 16.3 Å². The van der Waals surface area contributed by atoms with Crippen LogP contribution in [0.25, 0.3) is 16.7 Å². The summed E-state index contributed by atoms with van der Waals surface area (Å²) in [5.74, 6) is 0.462. The van der Waals surface area contributed by atoms with Gasteiger partial charge in [-0.25, -0.2) is 0 Å². The number of amides is 1. The molecule has 2 aromatic carbocycles. The second-order valence-electron chi connectivity index (χ2n) is 4.69. The van der Waals surface area contributed by atoms with Crippen molar-refractivity contribution < 1.29 is 9.53 Å². The summed E-state index contributed by atoms with van der Waals surface area (Å²) in [4.78, 5) is 12.6. The van der Waals surface area contributed by atoms with Crippen LogP contribution in [0.5, 0.6) is 5.75 Å². The number of aromatic nitrogens is 3. The topological polar surface area (TPSA) is 69.0 Å². The van der Waals surface area contributed by atoms with Gasteiger partial charge in [0, 0.05) is 12.6 Å². The minimum absolute atomic E-state index is 0.131. The summed E-state index contributed by atoms with van der Waals surface area (Å²) in [6.07, 6.45) is 0. The number of anilines is 1. The molecule has 0 aliphatic carbocycles. The second kappa shape index (κ2) is 5.65. The van der Waals surface area contributed by atoms with E-state index >= 15 is 0 Å². The Morgan fingerprint density at radius 2 is 1.95 bits per heavy atom. The SMILES string of the molecule is COc1ccc(-n2nc3ccc(NC(C)=O)cc3n2)cc1Cl. The number of halogens is 1. The molecule has 0 aliphatic heterocycles. The fourth-order valence-electron chi connectivity index (χ4n) is 2.09. The normalized spacial score (nSPS) is 10.7. The van der Waals surface area contributed by atoms with Crippen LogP contribution in [-0.2, 0) is 4.79 Å². The molecule has 0 bridgehead atoms. The molecule has 0 atom stereocenters. The molecule has 0 saturated heterocycles. The molecule has 1 amide bonds. The summed E-state index contributed by atoms with van der Waals surface area (Å²) in [5.41, 5.74) is 2.81. The molecular weight excluding hydrogens is 304 g/mol. The van der Waals surface area contributed by atoms with Crippen LogP contribution in [0, 0.1) is 0 Å². The first-order chi connectivity index (χ1) is 10.6. The lowest BCUT2D eigenvalue weighted by Gasteiger charge is -2.04. The highest BCUT2D eigenvalue weighted by atomic mass is 35.5. The monoisotopic (exact) mass is 316 g/mol. The zero-order valence-corrected chi connectivity index (χ0v) is 12.8. The fraction of sp³-hybridized carbons (Fsp3) is 0.133. The quantitative estimate of drug-likeness (QED) is 0.806. The van der Waals surface area contributed by atoms with Gasteiger partial charge in [0.15, 0.2) is 0 Å². The number of ether oxygens (including phenoxy) is 1. The minimum Gasteiger partial charge on any atom is -0.495 e. The van der Waals surface area contributed by atoms with Gasteiger partial charge in [-0.15, -0.1) is 10.2 Å². The molecule has 22 heavy (non-hydrogen) atoms. The summed E-state index contributed by atoms with van der Waals surface area (Å²) >= 11 is 6.12. The maximum Gasteiger partial charge on any atom is 0.221 e. The first kappa shape index (κ1) is 14.3. The van der Waals surface area contributed by atoms with Gasteiger partial charge in [-0.3, -0.25) is 4.79 Å². The van der Waals surface area contributed by atoms with Gasteiger partial charge in [0.25, 0.3) is 0 Å². The molecule has 0 fully saturated rings. The Morgan fingerprint density at radius 3 is 2.64 bits per heavy atom. The maximum absolute atomic E-state index is 11.1. The number of nitrogens with one attached hydrogen (secondary N) is 1. The van der Waals surface area contributed by atoms with Crippen molar-refractivity contribution in [2.75, 3.05) is 12.4 Å². The van der Waals surface area contributed by atoms with Gasteiger partial charge in [-0.1, -0.05) is 11.6 Å². The molecule has 6 nitrogen and oxygen atoms in total. The summed E-state index contributed by atoms with van der Waals surface area (Å²) in [6.45, 7) is 1.46. The lowest BCUT2D eigenvalue weighted by molar-refractivity contribution is -0.114. The molecular formula is C15H13ClN4O2. The van der Waals surface area contributed by atoms with Gasteiger partial charge in [-0.05, 0) is 36.4 Å². The van der Waals surface area contributed by atoms with Crippen LogP contribution in [0.1, 0.15) is 6.92 Å². The number of hydrogen-bond donors (Lipinski definition) is 1. The first-order valence-electron chi connectivity index (χ1n) is 6.55. The van der Waals surface area contributed by atoms with E-state index in [-0.39, 0.29) is 5.91 Å². The Hall–Kier alpha value is -2.60. The zero-order chi connectivity index (χ0) is 15.7. The molecule has 1 N–H and O–H groups in total. The minimum atomic E-state index is -0.131. The Morgan fingerprint density at radius 1 is 1.18 bits per heavy atom. The smallest absolute Gasteiger partial charge is 0.221 e. The highest BCUT2D eigenvalue weighted by Gasteiger charge is 2.08. The molecule has 7 heteroatoms. The van der Waals surface area contributed by atoms with Crippen molar-refractivity contribution in [2.45, 2.75) is 6.92 Å². The van der Waals surface area contributed by atoms with Crippen molar-refractivity contribution in [3.8, 4) is 11.4 Å². The van der Waals surface area contributed by atoms with Crippen LogP contribution in [0.3, 0.4) is 0 Å². The van der Waals surface area contributed by atoms with E-state index in [1.165, 1.54) is 11.7 Å². The van der Waals surface area contributed by atoms with Crippen LogP contribution in [0.15, 0.2) is 36.4 Å². The Balaban J connectivity index is 2.01. The lowest BCUT2D eigenvalue weighted by Crippen LogP contribution is -2.05. The second-order valence-corrected chi connectivity index (χ2v) is 5.10. The van der Waals surface area contributed by atoms with E-state index in [9.17, 15) is 4.79 Å². The molecule has 0 aliphatic rings. The van der Waals surface area contributed by atoms with Crippen molar-refractivity contribution in [1.29, 1.82) is 0 Å². The third-order valence-corrected chi connectivity index (χ3v) is 3.36. The average Bonchev–Trinajstić information content (AvgIpc) is 2.89. The van der Waals surface area contributed by atoms with Gasteiger partial charge in [0.1, 0.15) is 16.8 Å². The number of nitrogens with zero attached hydrogens (tertiary/aromatic N) is 3. The molecule has 0 spiro atoms. The van der Waals surface area contributed by atoms with Gasteiger partial charge in [0.05, 0.1) is 17.8 Å². The van der Waals surface area contributed by atoms with Gasteiger partial charge in [0.2, 0.25) is 5.91 Å². The van der Waals surface area contributed by atoms with E-state index < -0.39 is 0 Å². The van der Waals surface area contributed by atoms with Crippen molar-refractivity contribution in [1.82, 2.24) is 15.0 Å². The van der Waals surface area contributed by atoms with Crippen LogP contribution >= 0.6 is 11.6 Å². The first-order valence-corrected chi connectivity index (χ1v) is 6.93. The maximum atomic E-state index is 11.1. The van der Waals surface area contributed by atoms with E-state index in [1.807, 2.05) is 6.07 Å². The molecule has 0 unspecified atom stereocenters. The number of rotatable bonds is 3. The summed E-state index contributed by atoms with van der Waals surface area (Å²) in [5, 5.41) is 12.0. The number of hydrogen-bond acceptors (Lipinski definition) is 4. The number of fused-ring (bicyclic) bond motifs is 1. The average molecular weight is 317 g/mol. The van der Waals surface area contributed by atoms with Crippen LogP contribution in [0.4, 0.5) is 5.69 Å². The number of carbonyl (C=O) groups excluding carboxylic acids is 1. The van der Waals surface area contributed by atoms with Gasteiger partial charge in [-0.2, -0.15) is 4.80 Å². The summed E-state index contributed by atoms with van der Waals surface area (Å²) < 4.78 is 5.13. The molecule has 3 aromatic rings. The number of methoxy groups -OCH3 is 1. The molecule has 3 rings (SSSR count). The summed E-state index contributed by atoms with van der Waals surface area (Å²) in [6, 6.07) is 10.7. The predicted octanol–water partition coefficient (Wildman–Crippen LogP) is 3.04. The molecule has 0 saturated carbocycles. The molecule has 0 radical (unpaired) electrons. The highest BCUT2D eigenvalue weighted by molar-refractivity contribution is 6.32. The summed E-state index contributed by atoms with van der Waals surface area (Å²) in [7, 11) is 1.56. The third kappa shape index (κ3) is 2.73. The Bertz CT molecular complexity index is 860. The van der Waals surface area contributed by atoms with E-state index in [2.05, 4.69) is 15.5 Å². The van der Waals surface area contributed by atoms with E-state index in [1.54, 1.807) is 37.4 Å². The molecule has 1 aromatic heterocycles. The number of carbonyl (C=O) groups is 1. The zero-order valence-electron chi connectivity index (χ0n) is 12.0.